The molecule has 0 aliphatic rings. The van der Waals surface area contributed by atoms with E-state index in [-0.39, 0.29) is 12.0 Å². The molecule has 1 rings (SSSR count). The SMILES string of the molecule is CCC(C)Oc1ccccc1N=C(N)CCl. The molecule has 2 N–H and O–H groups in total. The van der Waals surface area contributed by atoms with Crippen LogP contribution in [0.1, 0.15) is 20.3 Å². The first-order valence-corrected chi connectivity index (χ1v) is 5.85. The molecule has 0 radical (unpaired) electrons. The fourth-order valence-corrected chi connectivity index (χ4v) is 1.19. The Kier molecular flexibility index (Phi) is 5.12. The van der Waals surface area contributed by atoms with Gasteiger partial charge in [0.2, 0.25) is 0 Å². The van der Waals surface area contributed by atoms with Crippen LogP contribution in [0, 0.1) is 0 Å². The third-order valence-electron chi connectivity index (χ3n) is 2.17. The number of nitrogens with zero attached hydrogens (tertiary/aromatic N) is 1. The van der Waals surface area contributed by atoms with E-state index in [1.165, 1.54) is 0 Å². The van der Waals surface area contributed by atoms with E-state index in [2.05, 4.69) is 11.9 Å². The number of para-hydroxylation sites is 2. The molecule has 0 fully saturated rings. The number of alkyl halides is 1. The van der Waals surface area contributed by atoms with Crippen molar-refractivity contribution in [1.82, 2.24) is 0 Å². The van der Waals surface area contributed by atoms with Gasteiger partial charge in [-0.05, 0) is 25.5 Å². The fourth-order valence-electron chi connectivity index (χ4n) is 1.13. The van der Waals surface area contributed by atoms with Gasteiger partial charge in [0.25, 0.3) is 0 Å². The molecule has 1 unspecified atom stereocenters. The number of hydrogen-bond donors (Lipinski definition) is 1. The lowest BCUT2D eigenvalue weighted by Gasteiger charge is -2.14. The Hall–Kier alpha value is -1.22. The maximum absolute atomic E-state index is 5.73. The molecule has 0 bridgehead atoms. The molecule has 0 saturated heterocycles. The maximum Gasteiger partial charge on any atom is 0.145 e. The molecule has 4 heteroatoms. The van der Waals surface area contributed by atoms with Gasteiger partial charge < -0.3 is 10.5 Å². The van der Waals surface area contributed by atoms with Crippen molar-refractivity contribution in [3.8, 4) is 5.75 Å². The Bertz CT molecular complexity index is 366. The predicted molar refractivity (Wildman–Crippen MR) is 68.8 cm³/mol. The topological polar surface area (TPSA) is 47.6 Å². The van der Waals surface area contributed by atoms with Crippen LogP contribution < -0.4 is 10.5 Å². The van der Waals surface area contributed by atoms with Crippen molar-refractivity contribution >= 4 is 23.1 Å². The minimum atomic E-state index is 0.161. The van der Waals surface area contributed by atoms with Gasteiger partial charge in [-0.25, -0.2) is 4.99 Å². The zero-order valence-electron chi connectivity index (χ0n) is 9.61. The van der Waals surface area contributed by atoms with E-state index in [0.717, 1.165) is 17.9 Å². The van der Waals surface area contributed by atoms with Gasteiger partial charge in [0.1, 0.15) is 17.3 Å². The first-order valence-electron chi connectivity index (χ1n) is 5.32. The van der Waals surface area contributed by atoms with Crippen molar-refractivity contribution in [1.29, 1.82) is 0 Å². The summed E-state index contributed by atoms with van der Waals surface area (Å²) < 4.78 is 5.73. The van der Waals surface area contributed by atoms with Crippen molar-refractivity contribution < 1.29 is 4.74 Å². The molecule has 0 aliphatic carbocycles. The average molecular weight is 241 g/mol. The third kappa shape index (κ3) is 3.74. The Morgan fingerprint density at radius 3 is 2.81 bits per heavy atom. The predicted octanol–water partition coefficient (Wildman–Crippen LogP) is 3.09. The Morgan fingerprint density at radius 1 is 1.50 bits per heavy atom. The summed E-state index contributed by atoms with van der Waals surface area (Å²) in [6.07, 6.45) is 1.11. The number of hydrogen-bond acceptors (Lipinski definition) is 2. The van der Waals surface area contributed by atoms with E-state index in [9.17, 15) is 0 Å². The van der Waals surface area contributed by atoms with Crippen LogP contribution in [0.25, 0.3) is 0 Å². The van der Waals surface area contributed by atoms with E-state index < -0.39 is 0 Å². The average Bonchev–Trinajstić information content (AvgIpc) is 2.31. The highest BCUT2D eigenvalue weighted by molar-refractivity contribution is 6.28. The van der Waals surface area contributed by atoms with Crippen LogP contribution in [0.4, 0.5) is 5.69 Å². The maximum atomic E-state index is 5.73. The number of amidine groups is 1. The first-order chi connectivity index (χ1) is 7.67. The highest BCUT2D eigenvalue weighted by atomic mass is 35.5. The van der Waals surface area contributed by atoms with Crippen LogP contribution in [-0.4, -0.2) is 17.8 Å². The van der Waals surface area contributed by atoms with Gasteiger partial charge in [-0.1, -0.05) is 19.1 Å². The minimum absolute atomic E-state index is 0.161. The molecule has 0 aromatic heterocycles. The van der Waals surface area contributed by atoms with Gasteiger partial charge in [0.15, 0.2) is 0 Å². The number of ether oxygens (including phenoxy) is 1. The summed E-state index contributed by atoms with van der Waals surface area (Å²) >= 11 is 5.59. The van der Waals surface area contributed by atoms with Gasteiger partial charge in [0.05, 0.1) is 12.0 Å². The largest absolute Gasteiger partial charge is 0.488 e. The second kappa shape index (κ2) is 6.38. The molecule has 1 aromatic carbocycles. The molecular weight excluding hydrogens is 224 g/mol. The van der Waals surface area contributed by atoms with Gasteiger partial charge in [0, 0.05) is 0 Å². The highest BCUT2D eigenvalue weighted by Gasteiger charge is 2.06. The number of rotatable bonds is 5. The van der Waals surface area contributed by atoms with Gasteiger partial charge in [-0.15, -0.1) is 11.6 Å². The fraction of sp³-hybridized carbons (Fsp3) is 0.417. The molecule has 1 atom stereocenters. The van der Waals surface area contributed by atoms with Crippen LogP contribution >= 0.6 is 11.6 Å². The van der Waals surface area contributed by atoms with Crippen molar-refractivity contribution in [2.24, 2.45) is 10.7 Å². The van der Waals surface area contributed by atoms with Crippen LogP contribution in [-0.2, 0) is 0 Å². The first kappa shape index (κ1) is 12.8. The number of aliphatic imine (C=N–C) groups is 1. The molecule has 0 spiro atoms. The summed E-state index contributed by atoms with van der Waals surface area (Å²) in [6.45, 7) is 4.09. The highest BCUT2D eigenvalue weighted by Crippen LogP contribution is 2.28. The van der Waals surface area contributed by atoms with Crippen LogP contribution in [0.15, 0.2) is 29.3 Å². The molecule has 1 aromatic rings. The molecule has 3 nitrogen and oxygen atoms in total. The summed E-state index contributed by atoms with van der Waals surface area (Å²) in [6, 6.07) is 7.54. The summed E-state index contributed by atoms with van der Waals surface area (Å²) in [5.74, 6) is 1.35. The van der Waals surface area contributed by atoms with Crippen LogP contribution in [0.2, 0.25) is 0 Å². The monoisotopic (exact) mass is 240 g/mol. The Balaban J connectivity index is 2.91. The number of benzene rings is 1. The van der Waals surface area contributed by atoms with Crippen molar-refractivity contribution in [3.63, 3.8) is 0 Å². The van der Waals surface area contributed by atoms with Crippen LogP contribution in [0.5, 0.6) is 5.75 Å². The van der Waals surface area contributed by atoms with Gasteiger partial charge in [-0.2, -0.15) is 0 Å². The zero-order valence-corrected chi connectivity index (χ0v) is 10.4. The van der Waals surface area contributed by atoms with Crippen molar-refractivity contribution in [3.05, 3.63) is 24.3 Å². The Morgan fingerprint density at radius 2 is 2.19 bits per heavy atom. The van der Waals surface area contributed by atoms with Crippen molar-refractivity contribution in [2.75, 3.05) is 5.88 Å². The van der Waals surface area contributed by atoms with E-state index in [1.807, 2.05) is 31.2 Å². The summed E-state index contributed by atoms with van der Waals surface area (Å²) in [5.41, 5.74) is 6.32. The lowest BCUT2D eigenvalue weighted by Crippen LogP contribution is -2.13. The normalized spacial score (nSPS) is 13.6. The molecule has 0 aliphatic heterocycles. The van der Waals surface area contributed by atoms with E-state index in [0.29, 0.717) is 5.84 Å². The molecule has 16 heavy (non-hydrogen) atoms. The second-order valence-corrected chi connectivity index (χ2v) is 3.81. The smallest absolute Gasteiger partial charge is 0.145 e. The minimum Gasteiger partial charge on any atom is -0.488 e. The Labute approximate surface area is 101 Å². The van der Waals surface area contributed by atoms with Gasteiger partial charge >= 0.3 is 0 Å². The standard InChI is InChI=1S/C12H17ClN2O/c1-3-9(2)16-11-7-5-4-6-10(11)15-12(14)8-13/h4-7,9H,3,8H2,1-2H3,(H2,14,15). The number of nitrogens with two attached hydrogens (primary N) is 1. The molecule has 88 valence electrons. The molecular formula is C12H17ClN2O. The second-order valence-electron chi connectivity index (χ2n) is 3.54. The van der Waals surface area contributed by atoms with Gasteiger partial charge in [-0.3, -0.25) is 0 Å². The lowest BCUT2D eigenvalue weighted by atomic mass is 10.2. The summed E-state index contributed by atoms with van der Waals surface area (Å²) in [5, 5.41) is 0. The van der Waals surface area contributed by atoms with Crippen molar-refractivity contribution in [2.45, 2.75) is 26.4 Å². The van der Waals surface area contributed by atoms with E-state index >= 15 is 0 Å². The van der Waals surface area contributed by atoms with E-state index in [1.54, 1.807) is 0 Å². The molecule has 0 amide bonds. The lowest BCUT2D eigenvalue weighted by molar-refractivity contribution is 0.218. The zero-order chi connectivity index (χ0) is 12.0. The van der Waals surface area contributed by atoms with Crippen LogP contribution in [0.3, 0.4) is 0 Å². The molecule has 0 saturated carbocycles. The van der Waals surface area contributed by atoms with E-state index in [4.69, 9.17) is 22.1 Å². The summed E-state index contributed by atoms with van der Waals surface area (Å²) in [4.78, 5) is 4.20. The number of halogens is 1. The molecule has 0 heterocycles. The quantitative estimate of drug-likeness (QED) is 0.488. The summed E-state index contributed by atoms with van der Waals surface area (Å²) in [7, 11) is 0. The third-order valence-corrected chi connectivity index (χ3v) is 2.44.